The number of methoxy groups -OCH3 is 1. The summed E-state index contributed by atoms with van der Waals surface area (Å²) in [6.07, 6.45) is 0.556. The molecule has 0 spiro atoms. The van der Waals surface area contributed by atoms with E-state index in [1.165, 1.54) is 0 Å². The zero-order chi connectivity index (χ0) is 10.2. The summed E-state index contributed by atoms with van der Waals surface area (Å²) in [6.45, 7) is 2.02. The highest BCUT2D eigenvalue weighted by molar-refractivity contribution is 5.85. The number of amides is 1. The van der Waals surface area contributed by atoms with E-state index >= 15 is 0 Å². The second kappa shape index (κ2) is 3.01. The summed E-state index contributed by atoms with van der Waals surface area (Å²) in [5.74, 6) is 0.931. The zero-order valence-electron chi connectivity index (χ0n) is 8.33. The predicted molar refractivity (Wildman–Crippen MR) is 53.1 cm³/mol. The van der Waals surface area contributed by atoms with Crippen LogP contribution in [0.5, 0.6) is 5.75 Å². The minimum Gasteiger partial charge on any atom is -0.497 e. The monoisotopic (exact) mass is 191 g/mol. The van der Waals surface area contributed by atoms with Crippen LogP contribution in [0.15, 0.2) is 24.3 Å². The lowest BCUT2D eigenvalue weighted by Crippen LogP contribution is -2.56. The van der Waals surface area contributed by atoms with E-state index in [9.17, 15) is 4.79 Å². The Balaban J connectivity index is 2.28. The zero-order valence-corrected chi connectivity index (χ0v) is 8.33. The van der Waals surface area contributed by atoms with E-state index in [-0.39, 0.29) is 11.4 Å². The molecule has 0 bridgehead atoms. The molecule has 1 saturated heterocycles. The van der Waals surface area contributed by atoms with Crippen molar-refractivity contribution < 1.29 is 9.53 Å². The molecule has 0 radical (unpaired) electrons. The van der Waals surface area contributed by atoms with Crippen molar-refractivity contribution in [3.05, 3.63) is 29.8 Å². The molecule has 0 aromatic heterocycles. The van der Waals surface area contributed by atoms with Gasteiger partial charge in [-0.25, -0.2) is 0 Å². The molecule has 1 amide bonds. The quantitative estimate of drug-likeness (QED) is 0.718. The van der Waals surface area contributed by atoms with Crippen LogP contribution in [-0.4, -0.2) is 13.0 Å². The summed E-state index contributed by atoms with van der Waals surface area (Å²) in [6, 6.07) is 7.79. The van der Waals surface area contributed by atoms with Gasteiger partial charge in [-0.2, -0.15) is 0 Å². The van der Waals surface area contributed by atoms with Crippen molar-refractivity contribution in [3.63, 3.8) is 0 Å². The molecule has 74 valence electrons. The number of β-lactam (4-membered cyclic amide) rings is 1. The lowest BCUT2D eigenvalue weighted by Gasteiger charge is -2.39. The Labute approximate surface area is 83.1 Å². The Hall–Kier alpha value is -1.51. The van der Waals surface area contributed by atoms with Gasteiger partial charge in [-0.3, -0.25) is 4.79 Å². The van der Waals surface area contributed by atoms with E-state index in [1.54, 1.807) is 7.11 Å². The highest BCUT2D eigenvalue weighted by atomic mass is 16.5. The van der Waals surface area contributed by atoms with E-state index in [2.05, 4.69) is 5.32 Å². The van der Waals surface area contributed by atoms with Crippen LogP contribution in [0.3, 0.4) is 0 Å². The lowest BCUT2D eigenvalue weighted by atomic mass is 9.82. The average molecular weight is 191 g/mol. The van der Waals surface area contributed by atoms with Crippen LogP contribution in [-0.2, 0) is 10.3 Å². The second-order valence-corrected chi connectivity index (χ2v) is 3.79. The number of carbonyl (C=O) groups is 1. The maximum absolute atomic E-state index is 10.9. The van der Waals surface area contributed by atoms with Gasteiger partial charge in [0, 0.05) is 0 Å². The third-order valence-electron chi connectivity index (χ3n) is 2.64. The topological polar surface area (TPSA) is 38.3 Å². The van der Waals surface area contributed by atoms with Gasteiger partial charge in [-0.05, 0) is 24.6 Å². The van der Waals surface area contributed by atoms with Crippen LogP contribution >= 0.6 is 0 Å². The number of ether oxygens (including phenoxy) is 1. The van der Waals surface area contributed by atoms with Gasteiger partial charge in [-0.15, -0.1) is 0 Å². The number of benzene rings is 1. The summed E-state index contributed by atoms with van der Waals surface area (Å²) in [4.78, 5) is 10.9. The molecule has 0 aliphatic carbocycles. The molecule has 1 aliphatic heterocycles. The SMILES string of the molecule is COc1cccc(C2(C)CC(=O)N2)c1. The molecule has 0 saturated carbocycles. The van der Waals surface area contributed by atoms with E-state index in [0.29, 0.717) is 6.42 Å². The normalized spacial score (nSPS) is 25.1. The van der Waals surface area contributed by atoms with Gasteiger partial charge >= 0.3 is 0 Å². The molecule has 1 aromatic rings. The molecule has 1 N–H and O–H groups in total. The summed E-state index contributed by atoms with van der Waals surface area (Å²) in [5, 5.41) is 2.89. The van der Waals surface area contributed by atoms with Crippen LogP contribution in [0.1, 0.15) is 18.9 Å². The smallest absolute Gasteiger partial charge is 0.223 e. The molecule has 1 heterocycles. The number of nitrogens with one attached hydrogen (secondary N) is 1. The Bertz CT molecular complexity index is 365. The first-order valence-corrected chi connectivity index (χ1v) is 4.59. The van der Waals surface area contributed by atoms with E-state index in [4.69, 9.17) is 4.74 Å². The molecule has 1 atom stereocenters. The summed E-state index contributed by atoms with van der Waals surface area (Å²) < 4.78 is 5.13. The van der Waals surface area contributed by atoms with Crippen molar-refractivity contribution in [2.45, 2.75) is 18.9 Å². The molecular weight excluding hydrogens is 178 g/mol. The fourth-order valence-corrected chi connectivity index (χ4v) is 1.75. The minimum atomic E-state index is -0.203. The molecule has 14 heavy (non-hydrogen) atoms. The molecule has 1 aliphatic rings. The third-order valence-corrected chi connectivity index (χ3v) is 2.64. The first-order valence-electron chi connectivity index (χ1n) is 4.59. The first-order chi connectivity index (χ1) is 6.64. The largest absolute Gasteiger partial charge is 0.497 e. The highest BCUT2D eigenvalue weighted by Crippen LogP contribution is 2.32. The average Bonchev–Trinajstić information content (AvgIpc) is 2.16. The van der Waals surface area contributed by atoms with Crippen LogP contribution in [0, 0.1) is 0 Å². The van der Waals surface area contributed by atoms with E-state index in [1.807, 2.05) is 31.2 Å². The minimum absolute atomic E-state index is 0.107. The molecular formula is C11H13NO2. The summed E-state index contributed by atoms with van der Waals surface area (Å²) >= 11 is 0. The van der Waals surface area contributed by atoms with Crippen molar-refractivity contribution in [1.82, 2.24) is 5.32 Å². The van der Waals surface area contributed by atoms with E-state index < -0.39 is 0 Å². The summed E-state index contributed by atoms with van der Waals surface area (Å²) in [7, 11) is 1.64. The molecule has 2 rings (SSSR count). The third kappa shape index (κ3) is 1.35. The van der Waals surface area contributed by atoms with Gasteiger partial charge in [0.15, 0.2) is 0 Å². The maximum Gasteiger partial charge on any atom is 0.223 e. The van der Waals surface area contributed by atoms with Crippen molar-refractivity contribution in [3.8, 4) is 5.75 Å². The number of hydrogen-bond donors (Lipinski definition) is 1. The lowest BCUT2D eigenvalue weighted by molar-refractivity contribution is -0.132. The Morgan fingerprint density at radius 2 is 2.21 bits per heavy atom. The molecule has 1 fully saturated rings. The van der Waals surface area contributed by atoms with Crippen LogP contribution in [0.25, 0.3) is 0 Å². The van der Waals surface area contributed by atoms with Crippen molar-refractivity contribution in [2.75, 3.05) is 7.11 Å². The molecule has 3 heteroatoms. The molecule has 3 nitrogen and oxygen atoms in total. The first kappa shape index (κ1) is 9.06. The molecule has 1 aromatic carbocycles. The fraction of sp³-hybridized carbons (Fsp3) is 0.364. The van der Waals surface area contributed by atoms with Gasteiger partial charge < -0.3 is 10.1 Å². The number of carbonyl (C=O) groups excluding carboxylic acids is 1. The summed E-state index contributed by atoms with van der Waals surface area (Å²) in [5.41, 5.74) is 0.891. The van der Waals surface area contributed by atoms with Gasteiger partial charge in [0.25, 0.3) is 0 Å². The van der Waals surface area contributed by atoms with Crippen molar-refractivity contribution in [1.29, 1.82) is 0 Å². The van der Waals surface area contributed by atoms with Crippen molar-refractivity contribution >= 4 is 5.91 Å². The Morgan fingerprint density at radius 1 is 1.50 bits per heavy atom. The Morgan fingerprint density at radius 3 is 2.79 bits per heavy atom. The van der Waals surface area contributed by atoms with E-state index in [0.717, 1.165) is 11.3 Å². The van der Waals surface area contributed by atoms with Crippen LogP contribution < -0.4 is 10.1 Å². The highest BCUT2D eigenvalue weighted by Gasteiger charge is 2.39. The predicted octanol–water partition coefficient (Wildman–Crippen LogP) is 1.43. The standard InChI is InChI=1S/C11H13NO2/c1-11(7-10(13)12-11)8-4-3-5-9(6-8)14-2/h3-6H,7H2,1-2H3,(H,12,13). The fourth-order valence-electron chi connectivity index (χ4n) is 1.75. The van der Waals surface area contributed by atoms with Gasteiger partial charge in [0.05, 0.1) is 19.1 Å². The van der Waals surface area contributed by atoms with Crippen LogP contribution in [0.2, 0.25) is 0 Å². The van der Waals surface area contributed by atoms with Crippen molar-refractivity contribution in [2.24, 2.45) is 0 Å². The maximum atomic E-state index is 10.9. The number of hydrogen-bond acceptors (Lipinski definition) is 2. The van der Waals surface area contributed by atoms with Gasteiger partial charge in [-0.1, -0.05) is 12.1 Å². The molecule has 1 unspecified atom stereocenters. The van der Waals surface area contributed by atoms with Gasteiger partial charge in [0.1, 0.15) is 5.75 Å². The van der Waals surface area contributed by atoms with Gasteiger partial charge in [0.2, 0.25) is 5.91 Å². The Kier molecular flexibility index (Phi) is 1.95. The number of rotatable bonds is 2. The second-order valence-electron chi connectivity index (χ2n) is 3.79. The van der Waals surface area contributed by atoms with Crippen LogP contribution in [0.4, 0.5) is 0 Å².